The molecule has 0 amide bonds. The van der Waals surface area contributed by atoms with E-state index >= 15 is 0 Å². The first-order valence-electron chi connectivity index (χ1n) is 9.97. The molecular formula is C23H25FN2O2. The van der Waals surface area contributed by atoms with Gasteiger partial charge in [0.05, 0.1) is 11.5 Å². The van der Waals surface area contributed by atoms with Crippen molar-refractivity contribution in [3.63, 3.8) is 0 Å². The van der Waals surface area contributed by atoms with E-state index in [2.05, 4.69) is 24.0 Å². The van der Waals surface area contributed by atoms with Crippen molar-refractivity contribution in [3.05, 3.63) is 59.2 Å². The normalized spacial score (nSPS) is 19.0. The van der Waals surface area contributed by atoms with Crippen LogP contribution in [0.25, 0.3) is 0 Å². The van der Waals surface area contributed by atoms with Crippen LogP contribution in [0.1, 0.15) is 68.2 Å². The van der Waals surface area contributed by atoms with E-state index in [9.17, 15) is 9.18 Å². The number of benzene rings is 1. The van der Waals surface area contributed by atoms with Crippen molar-refractivity contribution in [2.45, 2.75) is 57.8 Å². The molecule has 0 aliphatic heterocycles. The van der Waals surface area contributed by atoms with Crippen molar-refractivity contribution >= 4 is 5.97 Å². The van der Waals surface area contributed by atoms with Gasteiger partial charge < -0.3 is 4.74 Å². The Labute approximate surface area is 165 Å². The van der Waals surface area contributed by atoms with Gasteiger partial charge in [-0.15, -0.1) is 0 Å². The van der Waals surface area contributed by atoms with Crippen LogP contribution in [-0.4, -0.2) is 11.0 Å². The van der Waals surface area contributed by atoms with Crippen LogP contribution in [0.5, 0.6) is 5.75 Å². The molecule has 0 saturated heterocycles. The SMILES string of the molecule is CCCCc1ccc(C2CCC(C(=O)Oc3ccc(C#N)c(F)c3)CC2)nc1. The first-order chi connectivity index (χ1) is 13.6. The molecule has 146 valence electrons. The van der Waals surface area contributed by atoms with Crippen LogP contribution in [0.2, 0.25) is 0 Å². The lowest BCUT2D eigenvalue weighted by Gasteiger charge is -2.27. The fourth-order valence-electron chi connectivity index (χ4n) is 3.68. The minimum Gasteiger partial charge on any atom is -0.426 e. The minimum atomic E-state index is -0.676. The quantitative estimate of drug-likeness (QED) is 0.503. The molecular weight excluding hydrogens is 355 g/mol. The van der Waals surface area contributed by atoms with Crippen LogP contribution in [0.3, 0.4) is 0 Å². The third kappa shape index (κ3) is 4.95. The Kier molecular flexibility index (Phi) is 6.76. The Morgan fingerprint density at radius 2 is 2.04 bits per heavy atom. The van der Waals surface area contributed by atoms with Crippen LogP contribution >= 0.6 is 0 Å². The Morgan fingerprint density at radius 1 is 1.25 bits per heavy atom. The number of rotatable bonds is 6. The number of ether oxygens (including phenoxy) is 1. The molecule has 28 heavy (non-hydrogen) atoms. The summed E-state index contributed by atoms with van der Waals surface area (Å²) in [5.41, 5.74) is 2.31. The second kappa shape index (κ2) is 9.45. The number of hydrogen-bond donors (Lipinski definition) is 0. The summed E-state index contributed by atoms with van der Waals surface area (Å²) in [4.78, 5) is 17.0. The van der Waals surface area contributed by atoms with Crippen LogP contribution in [0.15, 0.2) is 36.5 Å². The number of carbonyl (C=O) groups is 1. The number of nitriles is 1. The molecule has 1 aromatic carbocycles. The molecule has 1 aliphatic carbocycles. The number of halogens is 1. The van der Waals surface area contributed by atoms with Gasteiger partial charge in [-0.3, -0.25) is 9.78 Å². The van der Waals surface area contributed by atoms with E-state index in [4.69, 9.17) is 10.00 Å². The average Bonchev–Trinajstić information content (AvgIpc) is 2.73. The molecule has 0 spiro atoms. The van der Waals surface area contributed by atoms with Gasteiger partial charge in [-0.2, -0.15) is 5.26 Å². The molecule has 1 aromatic heterocycles. The summed E-state index contributed by atoms with van der Waals surface area (Å²) >= 11 is 0. The Hall–Kier alpha value is -2.74. The van der Waals surface area contributed by atoms with Gasteiger partial charge in [0.15, 0.2) is 0 Å². The number of esters is 1. The number of aromatic nitrogens is 1. The van der Waals surface area contributed by atoms with Crippen molar-refractivity contribution in [1.29, 1.82) is 5.26 Å². The largest absolute Gasteiger partial charge is 0.426 e. The fraction of sp³-hybridized carbons (Fsp3) is 0.435. The van der Waals surface area contributed by atoms with Crippen molar-refractivity contribution in [3.8, 4) is 11.8 Å². The van der Waals surface area contributed by atoms with Gasteiger partial charge >= 0.3 is 5.97 Å². The summed E-state index contributed by atoms with van der Waals surface area (Å²) in [7, 11) is 0. The molecule has 1 heterocycles. The predicted molar refractivity (Wildman–Crippen MR) is 104 cm³/mol. The maximum Gasteiger partial charge on any atom is 0.314 e. The molecule has 0 bridgehead atoms. The molecule has 1 aliphatic rings. The number of carbonyl (C=O) groups excluding carboxylic acids is 1. The fourth-order valence-corrected chi connectivity index (χ4v) is 3.68. The van der Waals surface area contributed by atoms with E-state index in [1.165, 1.54) is 30.5 Å². The highest BCUT2D eigenvalue weighted by Gasteiger charge is 2.29. The third-order valence-corrected chi connectivity index (χ3v) is 5.42. The van der Waals surface area contributed by atoms with Gasteiger partial charge in [0.25, 0.3) is 0 Å². The highest BCUT2D eigenvalue weighted by molar-refractivity contribution is 5.75. The number of hydrogen-bond acceptors (Lipinski definition) is 4. The average molecular weight is 380 g/mol. The second-order valence-electron chi connectivity index (χ2n) is 7.42. The predicted octanol–water partition coefficient (Wildman–Crippen LogP) is 5.31. The minimum absolute atomic E-state index is 0.0616. The Balaban J connectivity index is 1.52. The summed E-state index contributed by atoms with van der Waals surface area (Å²) < 4.78 is 19.0. The summed E-state index contributed by atoms with van der Waals surface area (Å²) in [6.07, 6.45) is 8.66. The summed E-state index contributed by atoms with van der Waals surface area (Å²) in [5, 5.41) is 8.76. The van der Waals surface area contributed by atoms with E-state index in [0.29, 0.717) is 5.92 Å². The number of pyridine rings is 1. The summed E-state index contributed by atoms with van der Waals surface area (Å²) in [6, 6.07) is 9.90. The smallest absolute Gasteiger partial charge is 0.314 e. The molecule has 0 N–H and O–H groups in total. The van der Waals surface area contributed by atoms with Gasteiger partial charge in [-0.05, 0) is 62.3 Å². The van der Waals surface area contributed by atoms with Crippen LogP contribution in [-0.2, 0) is 11.2 Å². The van der Waals surface area contributed by atoms with Crippen molar-refractivity contribution < 1.29 is 13.9 Å². The first-order valence-corrected chi connectivity index (χ1v) is 9.97. The van der Waals surface area contributed by atoms with Gasteiger partial charge in [0.1, 0.15) is 17.6 Å². The van der Waals surface area contributed by atoms with Gasteiger partial charge in [-0.25, -0.2) is 4.39 Å². The lowest BCUT2D eigenvalue weighted by molar-refractivity contribution is -0.140. The first kappa shape index (κ1) is 20.0. The maximum absolute atomic E-state index is 13.7. The van der Waals surface area contributed by atoms with Crippen molar-refractivity contribution in [1.82, 2.24) is 4.98 Å². The van der Waals surface area contributed by atoms with Crippen LogP contribution in [0, 0.1) is 23.1 Å². The highest BCUT2D eigenvalue weighted by atomic mass is 19.1. The lowest BCUT2D eigenvalue weighted by Crippen LogP contribution is -2.25. The molecule has 0 unspecified atom stereocenters. The monoisotopic (exact) mass is 380 g/mol. The number of aryl methyl sites for hydroxylation is 1. The zero-order chi connectivity index (χ0) is 19.9. The van der Waals surface area contributed by atoms with E-state index in [1.807, 2.05) is 6.20 Å². The molecule has 0 atom stereocenters. The summed E-state index contributed by atoms with van der Waals surface area (Å²) in [6.45, 7) is 2.18. The number of nitrogens with zero attached hydrogens (tertiary/aromatic N) is 2. The van der Waals surface area contributed by atoms with E-state index < -0.39 is 5.82 Å². The van der Waals surface area contributed by atoms with E-state index in [0.717, 1.165) is 43.9 Å². The van der Waals surface area contributed by atoms with E-state index in [1.54, 1.807) is 6.07 Å². The lowest BCUT2D eigenvalue weighted by atomic mass is 9.80. The van der Waals surface area contributed by atoms with Crippen molar-refractivity contribution in [2.24, 2.45) is 5.92 Å². The van der Waals surface area contributed by atoms with Crippen LogP contribution < -0.4 is 4.74 Å². The molecule has 1 saturated carbocycles. The van der Waals surface area contributed by atoms with Gasteiger partial charge in [-0.1, -0.05) is 19.4 Å². The highest BCUT2D eigenvalue weighted by Crippen LogP contribution is 2.35. The van der Waals surface area contributed by atoms with Gasteiger partial charge in [0, 0.05) is 23.9 Å². The maximum atomic E-state index is 13.7. The van der Waals surface area contributed by atoms with E-state index in [-0.39, 0.29) is 23.2 Å². The topological polar surface area (TPSA) is 63.0 Å². The summed E-state index contributed by atoms with van der Waals surface area (Å²) in [5.74, 6) is -0.668. The Morgan fingerprint density at radius 3 is 2.64 bits per heavy atom. The van der Waals surface area contributed by atoms with Crippen LogP contribution in [0.4, 0.5) is 4.39 Å². The Bertz CT molecular complexity index is 850. The zero-order valence-corrected chi connectivity index (χ0v) is 16.2. The third-order valence-electron chi connectivity index (χ3n) is 5.42. The molecule has 3 rings (SSSR count). The van der Waals surface area contributed by atoms with Crippen molar-refractivity contribution in [2.75, 3.05) is 0 Å². The standard InChI is InChI=1S/C23H25FN2O2/c1-2-3-4-16-5-12-22(26-15-16)17-6-8-18(9-7-17)23(27)28-20-11-10-19(14-25)21(24)13-20/h5,10-13,15,17-18H,2-4,6-9H2,1H3. The second-order valence-corrected chi connectivity index (χ2v) is 7.42. The molecule has 5 heteroatoms. The zero-order valence-electron chi connectivity index (χ0n) is 16.2. The molecule has 0 radical (unpaired) electrons. The molecule has 4 nitrogen and oxygen atoms in total. The van der Waals surface area contributed by atoms with Gasteiger partial charge in [0.2, 0.25) is 0 Å². The molecule has 2 aromatic rings. The number of unbranched alkanes of at least 4 members (excludes halogenated alkanes) is 1. The molecule has 1 fully saturated rings.